The molecular weight excluding hydrogens is 719 g/mol. The van der Waals surface area contributed by atoms with Gasteiger partial charge in [-0.05, 0) is 112 Å². The van der Waals surface area contributed by atoms with Crippen molar-refractivity contribution in [1.82, 2.24) is 4.57 Å². The second kappa shape index (κ2) is 12.4. The number of para-hydroxylation sites is 5. The molecule has 0 radical (unpaired) electrons. The molecule has 59 heavy (non-hydrogen) atoms. The summed E-state index contributed by atoms with van der Waals surface area (Å²) in [5, 5.41) is 4.77. The van der Waals surface area contributed by atoms with Crippen molar-refractivity contribution in [3.63, 3.8) is 0 Å². The number of ether oxygens (including phenoxy) is 1. The highest BCUT2D eigenvalue weighted by molar-refractivity contribution is 6.92. The van der Waals surface area contributed by atoms with Crippen LogP contribution in [0.1, 0.15) is 0 Å². The highest BCUT2D eigenvalue weighted by Gasteiger charge is 2.44. The standard InChI is InChI=1S/C54H33BN2O2/c1-2-14-38(15-3-1)57-49-31-35(36-26-28-44-43-19-6-10-23-50(43)58-52(44)32-36)25-27-42(49)45-30-37(33-53-54(45)55(57)46-20-7-11-24-51(46)59-53)34-13-12-16-39(29-34)56-47-21-8-4-17-40(47)41-18-5-9-22-48(41)56/h1-33H. The maximum absolute atomic E-state index is 6.92. The Morgan fingerprint density at radius 2 is 1.05 bits per heavy atom. The summed E-state index contributed by atoms with van der Waals surface area (Å²) in [5.74, 6) is 1.76. The molecule has 0 amide bonds. The lowest BCUT2D eigenvalue weighted by Crippen LogP contribution is -2.59. The van der Waals surface area contributed by atoms with Crippen LogP contribution in [0.5, 0.6) is 11.5 Å². The molecule has 0 atom stereocenters. The number of fused-ring (bicyclic) bond motifs is 10. The number of furan rings is 1. The Kier molecular flexibility index (Phi) is 6.78. The summed E-state index contributed by atoms with van der Waals surface area (Å²) in [6.45, 7) is -0.106. The maximum Gasteiger partial charge on any atom is 0.336 e. The van der Waals surface area contributed by atoms with E-state index in [0.29, 0.717) is 0 Å². The van der Waals surface area contributed by atoms with E-state index in [1.165, 1.54) is 38.4 Å². The predicted octanol–water partition coefficient (Wildman–Crippen LogP) is 13.0. The lowest BCUT2D eigenvalue weighted by Gasteiger charge is -2.42. The average Bonchev–Trinajstić information content (AvgIpc) is 3.84. The third-order valence-electron chi connectivity index (χ3n) is 12.4. The van der Waals surface area contributed by atoms with Crippen LogP contribution in [0.4, 0.5) is 11.4 Å². The summed E-state index contributed by atoms with van der Waals surface area (Å²) in [5.41, 5.74) is 16.7. The number of nitrogens with zero attached hydrogens (tertiary/aromatic N) is 2. The molecule has 4 nitrogen and oxygen atoms in total. The Hall–Kier alpha value is -7.76. The van der Waals surface area contributed by atoms with E-state index in [1.807, 2.05) is 12.1 Å². The molecule has 2 aromatic heterocycles. The minimum Gasteiger partial charge on any atom is -0.458 e. The van der Waals surface area contributed by atoms with Gasteiger partial charge in [-0.15, -0.1) is 0 Å². The summed E-state index contributed by atoms with van der Waals surface area (Å²) in [7, 11) is 0. The summed E-state index contributed by atoms with van der Waals surface area (Å²) < 4.78 is 15.7. The van der Waals surface area contributed by atoms with Crippen LogP contribution in [0.15, 0.2) is 205 Å². The highest BCUT2D eigenvalue weighted by atomic mass is 16.5. The minimum absolute atomic E-state index is 0.106. The van der Waals surface area contributed by atoms with Gasteiger partial charge in [0.15, 0.2) is 0 Å². The summed E-state index contributed by atoms with van der Waals surface area (Å²) in [4.78, 5) is 2.51. The first-order valence-electron chi connectivity index (χ1n) is 20.2. The normalized spacial score (nSPS) is 12.8. The van der Waals surface area contributed by atoms with Crippen LogP contribution < -0.4 is 20.5 Å². The molecule has 0 unspecified atom stereocenters. The predicted molar refractivity (Wildman–Crippen MR) is 244 cm³/mol. The van der Waals surface area contributed by atoms with Gasteiger partial charge in [0, 0.05) is 49.6 Å². The summed E-state index contributed by atoms with van der Waals surface area (Å²) >= 11 is 0. The third-order valence-corrected chi connectivity index (χ3v) is 12.4. The zero-order valence-electron chi connectivity index (χ0n) is 31.8. The number of anilines is 2. The molecule has 2 aliphatic rings. The van der Waals surface area contributed by atoms with Crippen LogP contribution in [-0.4, -0.2) is 11.4 Å². The van der Waals surface area contributed by atoms with Gasteiger partial charge in [-0.1, -0.05) is 121 Å². The Morgan fingerprint density at radius 1 is 0.390 bits per heavy atom. The van der Waals surface area contributed by atoms with Crippen molar-refractivity contribution in [1.29, 1.82) is 0 Å². The van der Waals surface area contributed by atoms with Crippen molar-refractivity contribution in [2.24, 2.45) is 0 Å². The largest absolute Gasteiger partial charge is 0.458 e. The number of hydrogen-bond donors (Lipinski definition) is 0. The van der Waals surface area contributed by atoms with Gasteiger partial charge in [0.2, 0.25) is 0 Å². The molecule has 4 heterocycles. The van der Waals surface area contributed by atoms with Crippen molar-refractivity contribution >= 4 is 72.9 Å². The molecule has 0 spiro atoms. The molecule has 0 bridgehead atoms. The number of hydrogen-bond acceptors (Lipinski definition) is 3. The lowest BCUT2D eigenvalue weighted by atomic mass is 9.44. The monoisotopic (exact) mass is 752 g/mol. The first-order valence-corrected chi connectivity index (χ1v) is 20.2. The van der Waals surface area contributed by atoms with Crippen molar-refractivity contribution in [3.8, 4) is 50.6 Å². The van der Waals surface area contributed by atoms with E-state index < -0.39 is 0 Å². The van der Waals surface area contributed by atoms with Gasteiger partial charge in [0.25, 0.3) is 0 Å². The van der Waals surface area contributed by atoms with Crippen LogP contribution in [-0.2, 0) is 0 Å². The molecule has 0 saturated heterocycles. The van der Waals surface area contributed by atoms with E-state index in [4.69, 9.17) is 9.15 Å². The molecular formula is C54H33BN2O2. The fourth-order valence-corrected chi connectivity index (χ4v) is 9.81. The minimum atomic E-state index is -0.106. The van der Waals surface area contributed by atoms with Gasteiger partial charge in [0.1, 0.15) is 22.7 Å². The number of benzene rings is 9. The fraction of sp³-hybridized carbons (Fsp3) is 0. The average molecular weight is 753 g/mol. The molecule has 0 saturated carbocycles. The van der Waals surface area contributed by atoms with E-state index >= 15 is 0 Å². The van der Waals surface area contributed by atoms with E-state index in [1.54, 1.807) is 0 Å². The van der Waals surface area contributed by atoms with Gasteiger partial charge in [-0.25, -0.2) is 0 Å². The SMILES string of the molecule is c1ccc(N2B3c4ccccc4Oc4cc(-c5cccc(-n6c7ccccc7c7ccccc76)c5)cc(c43)-c3ccc(-c4ccc5c(c4)oc4ccccc45)cc32)cc1. The molecule has 0 N–H and O–H groups in total. The second-order valence-electron chi connectivity index (χ2n) is 15.6. The van der Waals surface area contributed by atoms with Crippen LogP contribution in [0.3, 0.4) is 0 Å². The van der Waals surface area contributed by atoms with E-state index in [0.717, 1.165) is 78.2 Å². The second-order valence-corrected chi connectivity index (χ2v) is 15.6. The van der Waals surface area contributed by atoms with Crippen LogP contribution in [0.25, 0.3) is 82.8 Å². The van der Waals surface area contributed by atoms with Gasteiger partial charge in [-0.2, -0.15) is 0 Å². The Balaban J connectivity index is 1.03. The Labute approximate surface area is 340 Å². The number of rotatable bonds is 4. The fourth-order valence-electron chi connectivity index (χ4n) is 9.81. The molecule has 274 valence electrons. The van der Waals surface area contributed by atoms with Crippen LogP contribution in [0.2, 0.25) is 0 Å². The van der Waals surface area contributed by atoms with Gasteiger partial charge in [0.05, 0.1) is 11.0 Å². The molecule has 0 aliphatic carbocycles. The van der Waals surface area contributed by atoms with E-state index in [-0.39, 0.29) is 6.85 Å². The molecule has 0 fully saturated rings. The van der Waals surface area contributed by atoms with Crippen LogP contribution >= 0.6 is 0 Å². The summed E-state index contributed by atoms with van der Waals surface area (Å²) in [6, 6.07) is 72.0. The van der Waals surface area contributed by atoms with E-state index in [2.05, 4.69) is 197 Å². The zero-order chi connectivity index (χ0) is 38.6. The first kappa shape index (κ1) is 32.3. The van der Waals surface area contributed by atoms with E-state index in [9.17, 15) is 0 Å². The van der Waals surface area contributed by atoms with Gasteiger partial charge in [-0.3, -0.25) is 0 Å². The summed E-state index contributed by atoms with van der Waals surface area (Å²) in [6.07, 6.45) is 0. The topological polar surface area (TPSA) is 30.5 Å². The van der Waals surface area contributed by atoms with Crippen molar-refractivity contribution in [2.45, 2.75) is 0 Å². The molecule has 9 aromatic carbocycles. The van der Waals surface area contributed by atoms with Crippen molar-refractivity contribution in [3.05, 3.63) is 200 Å². The molecule has 5 heteroatoms. The van der Waals surface area contributed by atoms with Crippen molar-refractivity contribution in [2.75, 3.05) is 4.81 Å². The lowest BCUT2D eigenvalue weighted by molar-refractivity contribution is 0.487. The zero-order valence-corrected chi connectivity index (χ0v) is 31.8. The Bertz CT molecular complexity index is 3460. The van der Waals surface area contributed by atoms with Crippen molar-refractivity contribution < 1.29 is 9.15 Å². The van der Waals surface area contributed by atoms with Gasteiger partial charge >= 0.3 is 6.85 Å². The quantitative estimate of drug-likeness (QED) is 0.168. The van der Waals surface area contributed by atoms with Crippen LogP contribution in [0, 0.1) is 0 Å². The third kappa shape index (κ3) is 4.79. The van der Waals surface area contributed by atoms with Gasteiger partial charge < -0.3 is 18.5 Å². The first-order chi connectivity index (χ1) is 29.2. The smallest absolute Gasteiger partial charge is 0.336 e. The molecule has 2 aliphatic heterocycles. The highest BCUT2D eigenvalue weighted by Crippen LogP contribution is 2.47. The molecule has 11 aromatic rings. The Morgan fingerprint density at radius 3 is 1.90 bits per heavy atom. The maximum atomic E-state index is 6.92. The molecule has 13 rings (SSSR count). The number of aromatic nitrogens is 1.